The third-order valence-corrected chi connectivity index (χ3v) is 9.60. The summed E-state index contributed by atoms with van der Waals surface area (Å²) < 4.78 is 57.1. The van der Waals surface area contributed by atoms with E-state index in [4.69, 9.17) is 0 Å². The van der Waals surface area contributed by atoms with Gasteiger partial charge in [0.1, 0.15) is 16.5 Å². The normalized spacial score (nSPS) is 19.2. The van der Waals surface area contributed by atoms with Crippen LogP contribution in [0.4, 0.5) is 19.1 Å². The molecule has 14 heteroatoms. The molecule has 1 aliphatic carbocycles. The van der Waals surface area contributed by atoms with Crippen LogP contribution in [0.25, 0.3) is 22.3 Å². The number of nitrogens with zero attached hydrogens (tertiary/aromatic N) is 7. The van der Waals surface area contributed by atoms with Gasteiger partial charge in [-0.15, -0.1) is 4.72 Å². The standard InChI is InChI=1S/C28H28F3N9OS/c1-26(2,3)42(41)39-22-16-6-4-10-33-18(16)14-27(22)8-12-40(13-9-27)25-35-19(15-32)20-21(37-38-24(20)36-25)17-7-5-11-34-23(17)28(29,30)31/h4-7,10-11,22,39H,8-9,12-14H2,1-3H3,(H,35,36,37,38)/t22-,42?/m1/s1. The summed E-state index contributed by atoms with van der Waals surface area (Å²) >= 11 is -1.29. The molecule has 0 amide bonds. The van der Waals surface area contributed by atoms with E-state index in [1.807, 2.05) is 43.9 Å². The second-order valence-corrected chi connectivity index (χ2v) is 13.7. The quantitative estimate of drug-likeness (QED) is 0.323. The molecule has 6 rings (SSSR count). The molecule has 218 valence electrons. The van der Waals surface area contributed by atoms with Crippen molar-refractivity contribution in [3.63, 3.8) is 0 Å². The molecule has 1 spiro atoms. The average Bonchev–Trinajstić information content (AvgIpc) is 3.51. The van der Waals surface area contributed by atoms with Crippen LogP contribution in [0.3, 0.4) is 0 Å². The van der Waals surface area contributed by atoms with E-state index in [1.54, 1.807) is 6.20 Å². The number of fused-ring (bicyclic) bond motifs is 2. The van der Waals surface area contributed by atoms with Crippen molar-refractivity contribution < 1.29 is 17.7 Å². The molecule has 1 unspecified atom stereocenters. The molecule has 1 saturated heterocycles. The van der Waals surface area contributed by atoms with E-state index >= 15 is 0 Å². The number of hydrogen-bond acceptors (Lipinski definition) is 9. The Morgan fingerprint density at radius 1 is 1.12 bits per heavy atom. The van der Waals surface area contributed by atoms with Crippen LogP contribution in [0, 0.1) is 16.7 Å². The molecule has 0 aromatic carbocycles. The van der Waals surface area contributed by atoms with Gasteiger partial charge in [0.25, 0.3) is 0 Å². The van der Waals surface area contributed by atoms with E-state index in [9.17, 15) is 23.0 Å². The lowest BCUT2D eigenvalue weighted by molar-refractivity contribution is -0.140. The Kier molecular flexibility index (Phi) is 6.87. The Hall–Kier alpha value is -3.80. The minimum Gasteiger partial charge on any atom is -0.598 e. The lowest BCUT2D eigenvalue weighted by Gasteiger charge is -2.43. The Labute approximate surface area is 243 Å². The molecule has 2 N–H and O–H groups in total. The highest BCUT2D eigenvalue weighted by Crippen LogP contribution is 2.52. The second-order valence-electron chi connectivity index (χ2n) is 11.7. The van der Waals surface area contributed by atoms with E-state index in [1.165, 1.54) is 12.1 Å². The molecule has 1 aliphatic heterocycles. The number of aromatic nitrogens is 6. The van der Waals surface area contributed by atoms with Gasteiger partial charge in [0.05, 0.1) is 11.4 Å². The van der Waals surface area contributed by atoms with Crippen LogP contribution < -0.4 is 9.62 Å². The minimum absolute atomic E-state index is 0.0754. The molecule has 2 aliphatic rings. The SMILES string of the molecule is CC(C)(C)[S+]([O-])N[C@@H]1c2cccnc2CC12CCN(c1nc(C#N)c3c(-c4cccnc4C(F)(F)F)n[nH]c3n1)CC2. The zero-order valence-corrected chi connectivity index (χ0v) is 24.0. The fraction of sp³-hybridized carbons (Fsp3) is 0.429. The van der Waals surface area contributed by atoms with Gasteiger partial charge in [0.15, 0.2) is 17.0 Å². The van der Waals surface area contributed by atoms with E-state index in [-0.39, 0.29) is 39.4 Å². The Morgan fingerprint density at radius 2 is 1.83 bits per heavy atom. The van der Waals surface area contributed by atoms with Crippen LogP contribution in [0.5, 0.6) is 0 Å². The Morgan fingerprint density at radius 3 is 2.52 bits per heavy atom. The fourth-order valence-corrected chi connectivity index (χ4v) is 6.82. The number of anilines is 1. The maximum atomic E-state index is 13.7. The third-order valence-electron chi connectivity index (χ3n) is 8.04. The minimum atomic E-state index is -4.71. The Bertz CT molecular complexity index is 1690. The number of nitrogens with one attached hydrogen (secondary N) is 2. The first-order valence-corrected chi connectivity index (χ1v) is 14.6. The second kappa shape index (κ2) is 10.2. The van der Waals surface area contributed by atoms with Crippen molar-refractivity contribution in [2.75, 3.05) is 18.0 Å². The van der Waals surface area contributed by atoms with Crippen molar-refractivity contribution in [2.24, 2.45) is 5.41 Å². The van der Waals surface area contributed by atoms with Crippen LogP contribution in [0.2, 0.25) is 0 Å². The number of H-pyrrole nitrogens is 1. The van der Waals surface area contributed by atoms with Crippen molar-refractivity contribution in [2.45, 2.75) is 57.0 Å². The number of nitriles is 1. The van der Waals surface area contributed by atoms with Gasteiger partial charge >= 0.3 is 6.18 Å². The predicted molar refractivity (Wildman–Crippen MR) is 150 cm³/mol. The molecule has 0 saturated carbocycles. The highest BCUT2D eigenvalue weighted by atomic mass is 32.2. The van der Waals surface area contributed by atoms with E-state index in [0.717, 1.165) is 36.7 Å². The van der Waals surface area contributed by atoms with E-state index in [0.29, 0.717) is 19.0 Å². The van der Waals surface area contributed by atoms with Crippen molar-refractivity contribution in [3.05, 3.63) is 59.3 Å². The van der Waals surface area contributed by atoms with Crippen molar-refractivity contribution in [3.8, 4) is 17.3 Å². The maximum Gasteiger partial charge on any atom is 0.434 e. The number of hydrogen-bond donors (Lipinski definition) is 2. The van der Waals surface area contributed by atoms with Gasteiger partial charge in [-0.3, -0.25) is 15.1 Å². The Balaban J connectivity index is 1.30. The predicted octanol–water partition coefficient (Wildman–Crippen LogP) is 4.64. The number of pyridine rings is 2. The van der Waals surface area contributed by atoms with Gasteiger partial charge in [-0.05, 0) is 63.8 Å². The van der Waals surface area contributed by atoms with Crippen LogP contribution in [0.15, 0.2) is 36.7 Å². The average molecular weight is 596 g/mol. The number of rotatable bonds is 4. The highest BCUT2D eigenvalue weighted by Gasteiger charge is 2.51. The lowest BCUT2D eigenvalue weighted by Crippen LogP contribution is -2.50. The summed E-state index contributed by atoms with van der Waals surface area (Å²) in [6.07, 6.45) is 0.328. The largest absolute Gasteiger partial charge is 0.598 e. The third kappa shape index (κ3) is 4.85. The summed E-state index contributed by atoms with van der Waals surface area (Å²) in [7, 11) is 0. The molecule has 4 aromatic heterocycles. The van der Waals surface area contributed by atoms with Crippen LogP contribution in [-0.4, -0.2) is 52.5 Å². The molecule has 4 aromatic rings. The summed E-state index contributed by atoms with van der Waals surface area (Å²) in [4.78, 5) is 19.1. The van der Waals surface area contributed by atoms with Gasteiger partial charge in [0.2, 0.25) is 5.95 Å². The van der Waals surface area contributed by atoms with Crippen molar-refractivity contribution in [1.82, 2.24) is 34.9 Å². The number of piperidine rings is 1. The van der Waals surface area contributed by atoms with Crippen LogP contribution in [0.1, 0.15) is 62.3 Å². The van der Waals surface area contributed by atoms with Crippen molar-refractivity contribution in [1.29, 1.82) is 5.26 Å². The highest BCUT2D eigenvalue weighted by molar-refractivity contribution is 7.90. The first-order chi connectivity index (χ1) is 19.9. The fourth-order valence-electron chi connectivity index (χ4n) is 5.87. The number of alkyl halides is 3. The topological polar surface area (TPSA) is 142 Å². The monoisotopic (exact) mass is 595 g/mol. The van der Waals surface area contributed by atoms with Gasteiger partial charge in [-0.2, -0.15) is 28.5 Å². The molecule has 42 heavy (non-hydrogen) atoms. The molecule has 0 radical (unpaired) electrons. The molecule has 0 bridgehead atoms. The molecule has 1 fully saturated rings. The summed E-state index contributed by atoms with van der Waals surface area (Å²) in [5, 5.41) is 16.8. The molecule has 2 atom stereocenters. The molecule has 5 heterocycles. The van der Waals surface area contributed by atoms with E-state index < -0.39 is 28.0 Å². The van der Waals surface area contributed by atoms with Gasteiger partial charge in [0, 0.05) is 53.5 Å². The zero-order chi connectivity index (χ0) is 29.9. The first-order valence-electron chi connectivity index (χ1n) is 13.5. The summed E-state index contributed by atoms with van der Waals surface area (Å²) in [6, 6.07) is 8.46. The van der Waals surface area contributed by atoms with E-state index in [2.05, 4.69) is 34.9 Å². The maximum absolute atomic E-state index is 13.7. The molecular formula is C28H28F3N9OS. The summed E-state index contributed by atoms with van der Waals surface area (Å²) in [6.45, 7) is 6.93. The van der Waals surface area contributed by atoms with Crippen molar-refractivity contribution >= 4 is 28.3 Å². The number of halogens is 3. The van der Waals surface area contributed by atoms with Crippen LogP contribution >= 0.6 is 0 Å². The van der Waals surface area contributed by atoms with Gasteiger partial charge in [-0.1, -0.05) is 6.07 Å². The lowest BCUT2D eigenvalue weighted by atomic mass is 9.73. The first kappa shape index (κ1) is 28.3. The van der Waals surface area contributed by atoms with Crippen LogP contribution in [-0.2, 0) is 24.0 Å². The summed E-state index contributed by atoms with van der Waals surface area (Å²) in [5.74, 6) is 0.294. The van der Waals surface area contributed by atoms with Gasteiger partial charge in [-0.25, -0.2) is 4.98 Å². The molecule has 10 nitrogen and oxygen atoms in total. The smallest absolute Gasteiger partial charge is 0.434 e. The zero-order valence-electron chi connectivity index (χ0n) is 23.2. The van der Waals surface area contributed by atoms with Gasteiger partial charge < -0.3 is 9.45 Å². The molecular weight excluding hydrogens is 567 g/mol. The summed E-state index contributed by atoms with van der Waals surface area (Å²) in [5.41, 5.74) is 0.494. The number of aromatic amines is 1.